The number of hydrogen-bond acceptors (Lipinski definition) is 5. The predicted molar refractivity (Wildman–Crippen MR) is 107 cm³/mol. The molecule has 0 aliphatic rings. The third-order valence-corrected chi connectivity index (χ3v) is 4.23. The van der Waals surface area contributed by atoms with Crippen molar-refractivity contribution in [2.45, 2.75) is 13.8 Å². The van der Waals surface area contributed by atoms with E-state index in [0.717, 1.165) is 16.8 Å². The Morgan fingerprint density at radius 3 is 2.81 bits per heavy atom. The number of esters is 1. The van der Waals surface area contributed by atoms with Gasteiger partial charge in [0.1, 0.15) is 5.56 Å². The van der Waals surface area contributed by atoms with E-state index in [4.69, 9.17) is 16.3 Å². The molecule has 3 aromatic rings. The molecule has 2 heterocycles. The van der Waals surface area contributed by atoms with Gasteiger partial charge in [0, 0.05) is 37.1 Å². The van der Waals surface area contributed by atoms with Crippen molar-refractivity contribution in [3.8, 4) is 11.1 Å². The smallest absolute Gasteiger partial charge is 0.341 e. The maximum absolute atomic E-state index is 12.4. The molecule has 0 amide bonds. The Labute approximate surface area is 163 Å². The van der Waals surface area contributed by atoms with E-state index in [1.807, 2.05) is 62.5 Å². The average Bonchev–Trinajstić information content (AvgIpc) is 2.95. The van der Waals surface area contributed by atoms with Gasteiger partial charge in [0.25, 0.3) is 0 Å². The van der Waals surface area contributed by atoms with Gasteiger partial charge in [0.15, 0.2) is 5.65 Å². The van der Waals surface area contributed by atoms with Gasteiger partial charge in [-0.1, -0.05) is 23.7 Å². The highest BCUT2D eigenvalue weighted by atomic mass is 35.5. The SMILES string of the molecule is CCOC(=O)c1cnc2c(-c3cccc(Cl)c3)c(C)nn2c1/C=C/N(C)C. The van der Waals surface area contributed by atoms with Crippen LogP contribution in [0.2, 0.25) is 5.02 Å². The summed E-state index contributed by atoms with van der Waals surface area (Å²) in [6, 6.07) is 7.55. The lowest BCUT2D eigenvalue weighted by Gasteiger charge is -2.09. The summed E-state index contributed by atoms with van der Waals surface area (Å²) in [6.07, 6.45) is 5.22. The number of carbonyl (C=O) groups excluding carboxylic acids is 1. The first kappa shape index (κ1) is 18.9. The number of carbonyl (C=O) groups is 1. The first-order chi connectivity index (χ1) is 12.9. The van der Waals surface area contributed by atoms with Gasteiger partial charge in [-0.3, -0.25) is 0 Å². The number of aryl methyl sites for hydroxylation is 1. The molecule has 0 saturated carbocycles. The normalized spacial score (nSPS) is 11.3. The third-order valence-electron chi connectivity index (χ3n) is 4.00. The van der Waals surface area contributed by atoms with Crippen LogP contribution in [0.1, 0.15) is 28.7 Å². The monoisotopic (exact) mass is 384 g/mol. The number of halogens is 1. The zero-order chi connectivity index (χ0) is 19.6. The van der Waals surface area contributed by atoms with E-state index in [2.05, 4.69) is 10.1 Å². The minimum absolute atomic E-state index is 0.291. The number of ether oxygens (including phenoxy) is 1. The highest BCUT2D eigenvalue weighted by Gasteiger charge is 2.20. The zero-order valence-corrected chi connectivity index (χ0v) is 16.5. The molecule has 0 aliphatic heterocycles. The van der Waals surface area contributed by atoms with Crippen LogP contribution in [0.15, 0.2) is 36.7 Å². The van der Waals surface area contributed by atoms with E-state index >= 15 is 0 Å². The van der Waals surface area contributed by atoms with Crippen molar-refractivity contribution < 1.29 is 9.53 Å². The van der Waals surface area contributed by atoms with E-state index in [9.17, 15) is 4.79 Å². The zero-order valence-electron chi connectivity index (χ0n) is 15.7. The maximum Gasteiger partial charge on any atom is 0.341 e. The molecule has 0 radical (unpaired) electrons. The van der Waals surface area contributed by atoms with Crippen molar-refractivity contribution in [3.05, 3.63) is 58.6 Å². The second kappa shape index (κ2) is 7.80. The van der Waals surface area contributed by atoms with Crippen LogP contribution in [-0.4, -0.2) is 46.2 Å². The van der Waals surface area contributed by atoms with Crippen LogP contribution in [0.5, 0.6) is 0 Å². The lowest BCUT2D eigenvalue weighted by atomic mass is 10.1. The van der Waals surface area contributed by atoms with E-state index in [0.29, 0.717) is 28.5 Å². The molecule has 0 aliphatic carbocycles. The summed E-state index contributed by atoms with van der Waals surface area (Å²) in [5.41, 5.74) is 4.24. The van der Waals surface area contributed by atoms with Crippen molar-refractivity contribution in [2.75, 3.05) is 20.7 Å². The Hall–Kier alpha value is -2.86. The summed E-state index contributed by atoms with van der Waals surface area (Å²) < 4.78 is 6.86. The summed E-state index contributed by atoms with van der Waals surface area (Å²) in [6.45, 7) is 3.97. The van der Waals surface area contributed by atoms with Gasteiger partial charge >= 0.3 is 5.97 Å². The van der Waals surface area contributed by atoms with Gasteiger partial charge in [-0.05, 0) is 37.6 Å². The summed E-state index contributed by atoms with van der Waals surface area (Å²) in [7, 11) is 3.81. The van der Waals surface area contributed by atoms with E-state index < -0.39 is 5.97 Å². The van der Waals surface area contributed by atoms with Gasteiger partial charge in [-0.15, -0.1) is 0 Å². The van der Waals surface area contributed by atoms with Crippen LogP contribution in [0.3, 0.4) is 0 Å². The maximum atomic E-state index is 12.4. The molecule has 3 rings (SSSR count). The van der Waals surface area contributed by atoms with E-state index in [-0.39, 0.29) is 0 Å². The van der Waals surface area contributed by atoms with Crippen molar-refractivity contribution in [1.82, 2.24) is 19.5 Å². The molecular formula is C20H21ClN4O2. The Morgan fingerprint density at radius 1 is 1.37 bits per heavy atom. The summed E-state index contributed by atoms with van der Waals surface area (Å²) in [5, 5.41) is 5.27. The number of nitrogens with zero attached hydrogens (tertiary/aromatic N) is 4. The van der Waals surface area contributed by atoms with Crippen molar-refractivity contribution in [1.29, 1.82) is 0 Å². The molecule has 7 heteroatoms. The molecule has 27 heavy (non-hydrogen) atoms. The molecule has 0 spiro atoms. The second-order valence-electron chi connectivity index (χ2n) is 6.26. The van der Waals surface area contributed by atoms with Crippen molar-refractivity contribution >= 4 is 29.3 Å². The highest BCUT2D eigenvalue weighted by Crippen LogP contribution is 2.30. The van der Waals surface area contributed by atoms with E-state index in [1.165, 1.54) is 6.20 Å². The Balaban J connectivity index is 2.27. The minimum Gasteiger partial charge on any atom is -0.462 e. The number of fused-ring (bicyclic) bond motifs is 1. The first-order valence-electron chi connectivity index (χ1n) is 8.58. The van der Waals surface area contributed by atoms with Crippen molar-refractivity contribution in [2.24, 2.45) is 0 Å². The molecule has 0 unspecified atom stereocenters. The topological polar surface area (TPSA) is 59.7 Å². The average molecular weight is 385 g/mol. The molecule has 6 nitrogen and oxygen atoms in total. The van der Waals surface area contributed by atoms with Crippen LogP contribution < -0.4 is 0 Å². The molecule has 1 aromatic carbocycles. The molecule has 0 bridgehead atoms. The third kappa shape index (κ3) is 3.80. The number of rotatable bonds is 5. The van der Waals surface area contributed by atoms with Crippen LogP contribution in [-0.2, 0) is 4.74 Å². The van der Waals surface area contributed by atoms with Gasteiger partial charge in [0.05, 0.1) is 18.0 Å². The van der Waals surface area contributed by atoms with Gasteiger partial charge in [-0.25, -0.2) is 14.3 Å². The molecule has 0 saturated heterocycles. The fourth-order valence-electron chi connectivity index (χ4n) is 2.84. The summed E-state index contributed by atoms with van der Waals surface area (Å²) in [5.74, 6) is -0.428. The van der Waals surface area contributed by atoms with Crippen molar-refractivity contribution in [3.63, 3.8) is 0 Å². The highest BCUT2D eigenvalue weighted by molar-refractivity contribution is 6.30. The number of benzene rings is 1. The first-order valence-corrected chi connectivity index (χ1v) is 8.96. The summed E-state index contributed by atoms with van der Waals surface area (Å²) >= 11 is 6.16. The quantitative estimate of drug-likeness (QED) is 0.620. The number of hydrogen-bond donors (Lipinski definition) is 0. The van der Waals surface area contributed by atoms with Crippen LogP contribution in [0.25, 0.3) is 22.9 Å². The van der Waals surface area contributed by atoms with E-state index in [1.54, 1.807) is 11.4 Å². The molecular weight excluding hydrogens is 364 g/mol. The Bertz CT molecular complexity index is 1020. The minimum atomic E-state index is -0.428. The van der Waals surface area contributed by atoms with Gasteiger partial charge in [-0.2, -0.15) is 5.10 Å². The fraction of sp³-hybridized carbons (Fsp3) is 0.250. The second-order valence-corrected chi connectivity index (χ2v) is 6.70. The Kier molecular flexibility index (Phi) is 5.46. The van der Waals surface area contributed by atoms with Gasteiger partial charge < -0.3 is 9.64 Å². The predicted octanol–water partition coefficient (Wildman–Crippen LogP) is 4.07. The lowest BCUT2D eigenvalue weighted by Crippen LogP contribution is -2.12. The van der Waals surface area contributed by atoms with Crippen LogP contribution in [0.4, 0.5) is 0 Å². The fourth-order valence-corrected chi connectivity index (χ4v) is 3.03. The number of aromatic nitrogens is 3. The molecule has 0 N–H and O–H groups in total. The van der Waals surface area contributed by atoms with Crippen LogP contribution in [0, 0.1) is 6.92 Å². The van der Waals surface area contributed by atoms with Crippen LogP contribution >= 0.6 is 11.6 Å². The summed E-state index contributed by atoms with van der Waals surface area (Å²) in [4.78, 5) is 18.8. The molecule has 2 aromatic heterocycles. The lowest BCUT2D eigenvalue weighted by molar-refractivity contribution is 0.0525. The molecule has 140 valence electrons. The standard InChI is InChI=1S/C20H21ClN4O2/c1-5-27-20(26)16-12-22-19-18(14-7-6-8-15(21)11-14)13(2)23-25(19)17(16)9-10-24(3)4/h6-12H,5H2,1-4H3/b10-9+. The molecule has 0 atom stereocenters. The molecule has 0 fully saturated rings. The van der Waals surface area contributed by atoms with Gasteiger partial charge in [0.2, 0.25) is 0 Å². The Morgan fingerprint density at radius 2 is 2.15 bits per heavy atom. The largest absolute Gasteiger partial charge is 0.462 e.